The van der Waals surface area contributed by atoms with Gasteiger partial charge < -0.3 is 10.3 Å². The lowest BCUT2D eigenvalue weighted by atomic mass is 10.1. The molecule has 1 aromatic heterocycles. The first-order valence-corrected chi connectivity index (χ1v) is 6.01. The Balaban J connectivity index is 1.73. The summed E-state index contributed by atoms with van der Waals surface area (Å²) < 4.78 is 0. The largest absolute Gasteiger partial charge is 0.348 e. The standard InChI is InChI=1S/C15H12N3O/c19-15(16-9-11-4-2-1-3-5-11)12-6-7-13-14(8-12)18-10-17-13/h1-8H,9H2,(H,16,19)(H,17,18). The lowest BCUT2D eigenvalue weighted by Gasteiger charge is -2.05. The second-order valence-corrected chi connectivity index (χ2v) is 4.25. The molecule has 0 saturated carbocycles. The molecule has 0 aliphatic rings. The maximum absolute atomic E-state index is 12.0. The van der Waals surface area contributed by atoms with E-state index in [1.165, 1.54) is 0 Å². The zero-order valence-electron chi connectivity index (χ0n) is 10.2. The lowest BCUT2D eigenvalue weighted by Crippen LogP contribution is -2.22. The first-order valence-electron chi connectivity index (χ1n) is 6.01. The van der Waals surface area contributed by atoms with E-state index < -0.39 is 0 Å². The highest BCUT2D eigenvalue weighted by atomic mass is 16.1. The van der Waals surface area contributed by atoms with Crippen molar-refractivity contribution >= 4 is 16.9 Å². The number of nitrogens with zero attached hydrogens (tertiary/aromatic N) is 1. The molecule has 3 rings (SSSR count). The minimum absolute atomic E-state index is 0.103. The van der Waals surface area contributed by atoms with Crippen molar-refractivity contribution in [2.24, 2.45) is 0 Å². The van der Waals surface area contributed by atoms with Crippen LogP contribution in [0.2, 0.25) is 0 Å². The molecule has 0 bridgehead atoms. The van der Waals surface area contributed by atoms with Gasteiger partial charge in [-0.15, -0.1) is 0 Å². The summed E-state index contributed by atoms with van der Waals surface area (Å²) in [7, 11) is 0. The molecule has 2 aromatic carbocycles. The van der Waals surface area contributed by atoms with E-state index in [1.807, 2.05) is 36.4 Å². The zero-order valence-corrected chi connectivity index (χ0v) is 10.2. The van der Waals surface area contributed by atoms with E-state index in [0.717, 1.165) is 16.6 Å². The van der Waals surface area contributed by atoms with E-state index in [1.54, 1.807) is 12.1 Å². The van der Waals surface area contributed by atoms with Crippen molar-refractivity contribution in [1.82, 2.24) is 15.3 Å². The van der Waals surface area contributed by atoms with E-state index >= 15 is 0 Å². The lowest BCUT2D eigenvalue weighted by molar-refractivity contribution is 0.0951. The Hall–Kier alpha value is -2.62. The molecular formula is C15H12N3O. The van der Waals surface area contributed by atoms with Gasteiger partial charge in [0.15, 0.2) is 6.33 Å². The number of benzene rings is 2. The van der Waals surface area contributed by atoms with Crippen LogP contribution in [0.25, 0.3) is 11.0 Å². The Morgan fingerprint density at radius 3 is 2.89 bits per heavy atom. The van der Waals surface area contributed by atoms with Gasteiger partial charge in [0, 0.05) is 12.1 Å². The van der Waals surface area contributed by atoms with Crippen LogP contribution in [0.1, 0.15) is 15.9 Å². The summed E-state index contributed by atoms with van der Waals surface area (Å²) in [5, 5.41) is 2.88. The van der Waals surface area contributed by atoms with Gasteiger partial charge in [-0.1, -0.05) is 30.3 Å². The van der Waals surface area contributed by atoms with Gasteiger partial charge in [0.05, 0.1) is 11.0 Å². The molecule has 1 heterocycles. The Morgan fingerprint density at radius 2 is 2.05 bits per heavy atom. The summed E-state index contributed by atoms with van der Waals surface area (Å²) in [4.78, 5) is 18.9. The van der Waals surface area contributed by atoms with Gasteiger partial charge >= 0.3 is 0 Å². The number of imidazole rings is 1. The minimum Gasteiger partial charge on any atom is -0.348 e. The Bertz CT molecular complexity index is 703. The van der Waals surface area contributed by atoms with Crippen molar-refractivity contribution in [2.75, 3.05) is 0 Å². The molecule has 93 valence electrons. The highest BCUT2D eigenvalue weighted by Crippen LogP contribution is 2.11. The summed E-state index contributed by atoms with van der Waals surface area (Å²) in [5.74, 6) is -0.103. The molecule has 0 aliphatic heterocycles. The molecule has 4 nitrogen and oxygen atoms in total. The molecule has 0 fully saturated rings. The molecule has 3 aromatic rings. The maximum atomic E-state index is 12.0. The molecule has 0 aliphatic carbocycles. The monoisotopic (exact) mass is 250 g/mol. The molecule has 0 atom stereocenters. The zero-order chi connectivity index (χ0) is 13.1. The predicted octanol–water partition coefficient (Wildman–Crippen LogP) is 2.29. The summed E-state index contributed by atoms with van der Waals surface area (Å²) >= 11 is 0. The Kier molecular flexibility index (Phi) is 2.98. The normalized spacial score (nSPS) is 10.5. The van der Waals surface area contributed by atoms with Gasteiger partial charge in [-0.3, -0.25) is 4.79 Å². The molecule has 0 spiro atoms. The summed E-state index contributed by atoms with van der Waals surface area (Å²) in [6, 6.07) is 15.2. The molecule has 1 amide bonds. The van der Waals surface area contributed by atoms with Crippen molar-refractivity contribution in [1.29, 1.82) is 0 Å². The molecule has 4 heteroatoms. The number of carbonyl (C=O) groups is 1. The SMILES string of the molecule is O=C(NCc1ccccc1)c1ccc2[nH][c]nc2c1. The van der Waals surface area contributed by atoms with Crippen LogP contribution in [0, 0.1) is 6.33 Å². The van der Waals surface area contributed by atoms with Crippen LogP contribution < -0.4 is 5.32 Å². The maximum Gasteiger partial charge on any atom is 0.251 e. The quantitative estimate of drug-likeness (QED) is 0.749. The highest BCUT2D eigenvalue weighted by Gasteiger charge is 2.07. The Morgan fingerprint density at radius 1 is 1.21 bits per heavy atom. The van der Waals surface area contributed by atoms with Crippen LogP contribution in [-0.4, -0.2) is 15.9 Å². The van der Waals surface area contributed by atoms with E-state index in [9.17, 15) is 4.79 Å². The third kappa shape index (κ3) is 2.47. The summed E-state index contributed by atoms with van der Waals surface area (Å²) in [6.45, 7) is 0.518. The number of aromatic amines is 1. The van der Waals surface area contributed by atoms with Crippen LogP contribution in [0.5, 0.6) is 0 Å². The summed E-state index contributed by atoms with van der Waals surface area (Å²) in [5.41, 5.74) is 3.29. The average molecular weight is 250 g/mol. The fourth-order valence-corrected chi connectivity index (χ4v) is 1.90. The smallest absolute Gasteiger partial charge is 0.251 e. The van der Waals surface area contributed by atoms with Gasteiger partial charge in [0.25, 0.3) is 5.91 Å². The predicted molar refractivity (Wildman–Crippen MR) is 72.5 cm³/mol. The van der Waals surface area contributed by atoms with Crippen molar-refractivity contribution in [3.63, 3.8) is 0 Å². The van der Waals surface area contributed by atoms with Crippen LogP contribution in [0.15, 0.2) is 48.5 Å². The van der Waals surface area contributed by atoms with Crippen LogP contribution in [0.3, 0.4) is 0 Å². The fraction of sp³-hybridized carbons (Fsp3) is 0.0667. The first kappa shape index (κ1) is 11.5. The third-order valence-electron chi connectivity index (χ3n) is 2.92. The van der Waals surface area contributed by atoms with Gasteiger partial charge in [0.2, 0.25) is 0 Å². The number of amides is 1. The van der Waals surface area contributed by atoms with Gasteiger partial charge in [-0.2, -0.15) is 0 Å². The van der Waals surface area contributed by atoms with E-state index in [-0.39, 0.29) is 5.91 Å². The molecule has 0 unspecified atom stereocenters. The number of nitrogens with one attached hydrogen (secondary N) is 2. The third-order valence-corrected chi connectivity index (χ3v) is 2.92. The van der Waals surface area contributed by atoms with Crippen molar-refractivity contribution < 1.29 is 4.79 Å². The number of fused-ring (bicyclic) bond motifs is 1. The molecule has 2 N–H and O–H groups in total. The van der Waals surface area contributed by atoms with Crippen molar-refractivity contribution in [3.05, 3.63) is 66.0 Å². The van der Waals surface area contributed by atoms with E-state index in [0.29, 0.717) is 12.1 Å². The number of carbonyl (C=O) groups excluding carboxylic acids is 1. The minimum atomic E-state index is -0.103. The van der Waals surface area contributed by atoms with E-state index in [2.05, 4.69) is 21.6 Å². The number of hydrogen-bond acceptors (Lipinski definition) is 2. The van der Waals surface area contributed by atoms with Crippen molar-refractivity contribution in [2.45, 2.75) is 6.54 Å². The van der Waals surface area contributed by atoms with Crippen LogP contribution in [0.4, 0.5) is 0 Å². The number of hydrogen-bond donors (Lipinski definition) is 2. The number of aromatic nitrogens is 2. The molecule has 19 heavy (non-hydrogen) atoms. The number of H-pyrrole nitrogens is 1. The van der Waals surface area contributed by atoms with Crippen LogP contribution >= 0.6 is 0 Å². The van der Waals surface area contributed by atoms with Gasteiger partial charge in [0.1, 0.15) is 0 Å². The average Bonchev–Trinajstić information content (AvgIpc) is 2.93. The highest BCUT2D eigenvalue weighted by molar-refractivity contribution is 5.97. The van der Waals surface area contributed by atoms with Crippen molar-refractivity contribution in [3.8, 4) is 0 Å². The van der Waals surface area contributed by atoms with E-state index in [4.69, 9.17) is 0 Å². The second kappa shape index (κ2) is 4.94. The summed E-state index contributed by atoms with van der Waals surface area (Å²) in [6.07, 6.45) is 2.65. The Labute approximate surface area is 110 Å². The number of rotatable bonds is 3. The fourth-order valence-electron chi connectivity index (χ4n) is 1.90. The van der Waals surface area contributed by atoms with Gasteiger partial charge in [-0.25, -0.2) is 4.98 Å². The topological polar surface area (TPSA) is 57.8 Å². The molecular weight excluding hydrogens is 238 g/mol. The molecule has 0 saturated heterocycles. The second-order valence-electron chi connectivity index (χ2n) is 4.25. The van der Waals surface area contributed by atoms with Gasteiger partial charge in [-0.05, 0) is 23.8 Å². The molecule has 1 radical (unpaired) electrons. The van der Waals surface area contributed by atoms with Crippen LogP contribution in [-0.2, 0) is 6.54 Å². The first-order chi connectivity index (χ1) is 9.33.